The lowest BCUT2D eigenvalue weighted by molar-refractivity contribution is 0.892. The van der Waals surface area contributed by atoms with Gasteiger partial charge in [0.15, 0.2) is 0 Å². The second-order valence-corrected chi connectivity index (χ2v) is 4.16. The Morgan fingerprint density at radius 1 is 1.06 bits per heavy atom. The molecule has 0 saturated heterocycles. The minimum atomic E-state index is 0.959. The molecule has 0 aliphatic carbocycles. The highest BCUT2D eigenvalue weighted by atomic mass is 15.0. The fourth-order valence-electron chi connectivity index (χ4n) is 2.62. The van der Waals surface area contributed by atoms with Gasteiger partial charge < -0.3 is 4.57 Å². The van der Waals surface area contributed by atoms with Crippen LogP contribution in [0.15, 0.2) is 42.7 Å². The molecule has 2 aromatic heterocycles. The smallest absolute Gasteiger partial charge is 0.0599 e. The van der Waals surface area contributed by atoms with Crippen LogP contribution in [0.3, 0.4) is 0 Å². The molecular formula is C14H10N2. The summed E-state index contributed by atoms with van der Waals surface area (Å²) in [5.74, 6) is 0. The number of nitrogens with zero attached hydrogens (tertiary/aromatic N) is 2. The molecule has 0 saturated carbocycles. The Balaban J connectivity index is 2.39. The first-order chi connectivity index (χ1) is 7.95. The van der Waals surface area contributed by atoms with Crippen LogP contribution in [0, 0.1) is 0 Å². The zero-order valence-electron chi connectivity index (χ0n) is 8.72. The summed E-state index contributed by atoms with van der Waals surface area (Å²) in [5, 5.41) is 2.56. The van der Waals surface area contributed by atoms with Crippen molar-refractivity contribution in [3.05, 3.63) is 48.3 Å². The molecule has 16 heavy (non-hydrogen) atoms. The summed E-state index contributed by atoms with van der Waals surface area (Å²) < 4.78 is 2.36. The molecule has 3 heterocycles. The molecule has 0 radical (unpaired) electrons. The number of rotatable bonds is 0. The first-order valence-corrected chi connectivity index (χ1v) is 5.46. The van der Waals surface area contributed by atoms with E-state index in [9.17, 15) is 0 Å². The minimum absolute atomic E-state index is 0.959. The summed E-state index contributed by atoms with van der Waals surface area (Å²) in [6.07, 6.45) is 8.26. The van der Waals surface area contributed by atoms with Crippen molar-refractivity contribution in [3.63, 3.8) is 0 Å². The highest BCUT2D eigenvalue weighted by molar-refractivity contribution is 6.10. The molecule has 0 bridgehead atoms. The molecule has 76 valence electrons. The maximum atomic E-state index is 4.32. The van der Waals surface area contributed by atoms with Crippen molar-refractivity contribution in [2.45, 2.75) is 6.54 Å². The van der Waals surface area contributed by atoms with Crippen molar-refractivity contribution in [2.24, 2.45) is 0 Å². The van der Waals surface area contributed by atoms with Gasteiger partial charge in [0, 0.05) is 40.8 Å². The summed E-state index contributed by atoms with van der Waals surface area (Å²) in [6.45, 7) is 0.959. The highest BCUT2D eigenvalue weighted by Gasteiger charge is 2.14. The van der Waals surface area contributed by atoms with E-state index in [1.807, 2.05) is 12.4 Å². The van der Waals surface area contributed by atoms with E-state index in [4.69, 9.17) is 0 Å². The number of hydrogen-bond acceptors (Lipinski definition) is 1. The van der Waals surface area contributed by atoms with Crippen molar-refractivity contribution in [3.8, 4) is 0 Å². The highest BCUT2D eigenvalue weighted by Crippen LogP contribution is 2.32. The van der Waals surface area contributed by atoms with Crippen LogP contribution in [0.5, 0.6) is 0 Å². The Bertz CT molecular complexity index is 735. The van der Waals surface area contributed by atoms with Gasteiger partial charge in [-0.2, -0.15) is 0 Å². The molecule has 1 aromatic carbocycles. The predicted molar refractivity (Wildman–Crippen MR) is 66.3 cm³/mol. The molecule has 2 heteroatoms. The summed E-state index contributed by atoms with van der Waals surface area (Å²) in [4.78, 5) is 4.32. The first-order valence-electron chi connectivity index (χ1n) is 5.46. The lowest BCUT2D eigenvalue weighted by Gasteiger charge is -2.10. The number of hydrogen-bond donors (Lipinski definition) is 0. The third kappa shape index (κ3) is 0.847. The second-order valence-electron chi connectivity index (χ2n) is 4.16. The van der Waals surface area contributed by atoms with Crippen LogP contribution < -0.4 is 0 Å². The van der Waals surface area contributed by atoms with Gasteiger partial charge in [0.2, 0.25) is 0 Å². The summed E-state index contributed by atoms with van der Waals surface area (Å²) in [7, 11) is 0. The number of allylic oxidation sites excluding steroid dienone is 1. The summed E-state index contributed by atoms with van der Waals surface area (Å²) in [5.41, 5.74) is 3.84. The molecule has 0 fully saturated rings. The molecule has 0 spiro atoms. The zero-order chi connectivity index (χ0) is 10.5. The fourth-order valence-corrected chi connectivity index (χ4v) is 2.62. The van der Waals surface area contributed by atoms with E-state index < -0.39 is 0 Å². The molecule has 3 aromatic rings. The van der Waals surface area contributed by atoms with Gasteiger partial charge in [-0.3, -0.25) is 4.98 Å². The average molecular weight is 206 g/mol. The molecule has 0 atom stereocenters. The van der Waals surface area contributed by atoms with Crippen LogP contribution in [-0.4, -0.2) is 9.55 Å². The number of fused-ring (bicyclic) bond motifs is 3. The minimum Gasteiger partial charge on any atom is -0.336 e. The molecule has 2 nitrogen and oxygen atoms in total. The normalized spacial score (nSPS) is 13.8. The van der Waals surface area contributed by atoms with Crippen molar-refractivity contribution in [2.75, 3.05) is 0 Å². The maximum Gasteiger partial charge on any atom is 0.0599 e. The van der Waals surface area contributed by atoms with E-state index in [-0.39, 0.29) is 0 Å². The second kappa shape index (κ2) is 2.73. The van der Waals surface area contributed by atoms with Gasteiger partial charge in [-0.15, -0.1) is 0 Å². The third-order valence-electron chi connectivity index (χ3n) is 3.29. The van der Waals surface area contributed by atoms with Gasteiger partial charge >= 0.3 is 0 Å². The van der Waals surface area contributed by atoms with E-state index >= 15 is 0 Å². The van der Waals surface area contributed by atoms with Crippen LogP contribution in [-0.2, 0) is 6.54 Å². The lowest BCUT2D eigenvalue weighted by atomic mass is 10.1. The van der Waals surface area contributed by atoms with E-state index in [0.29, 0.717) is 0 Å². The van der Waals surface area contributed by atoms with Crippen LogP contribution in [0.4, 0.5) is 0 Å². The van der Waals surface area contributed by atoms with Crippen LogP contribution >= 0.6 is 0 Å². The topological polar surface area (TPSA) is 17.8 Å². The van der Waals surface area contributed by atoms with Crippen molar-refractivity contribution < 1.29 is 0 Å². The van der Waals surface area contributed by atoms with Gasteiger partial charge in [-0.1, -0.05) is 30.4 Å². The van der Waals surface area contributed by atoms with Gasteiger partial charge in [-0.25, -0.2) is 0 Å². The Morgan fingerprint density at radius 2 is 2.00 bits per heavy atom. The number of para-hydroxylation sites is 1. The number of aromatic nitrogens is 2. The van der Waals surface area contributed by atoms with E-state index in [2.05, 4.69) is 46.0 Å². The monoisotopic (exact) mass is 206 g/mol. The third-order valence-corrected chi connectivity index (χ3v) is 3.29. The molecule has 0 amide bonds. The van der Waals surface area contributed by atoms with Crippen molar-refractivity contribution in [1.29, 1.82) is 0 Å². The Hall–Kier alpha value is -2.09. The molecule has 4 rings (SSSR count). The van der Waals surface area contributed by atoms with Crippen LogP contribution in [0.25, 0.3) is 27.9 Å². The van der Waals surface area contributed by atoms with Crippen molar-refractivity contribution >= 4 is 27.9 Å². The first kappa shape index (κ1) is 8.11. The Labute approximate surface area is 92.8 Å². The van der Waals surface area contributed by atoms with Gasteiger partial charge in [0.25, 0.3) is 0 Å². The SMILES string of the molecule is C1=Cc2cncc3c4ccccc4n(c23)C1. The number of pyridine rings is 1. The van der Waals surface area contributed by atoms with E-state index in [0.717, 1.165) is 6.54 Å². The van der Waals surface area contributed by atoms with Crippen molar-refractivity contribution in [1.82, 2.24) is 9.55 Å². The molecule has 1 aliphatic rings. The van der Waals surface area contributed by atoms with Gasteiger partial charge in [0.1, 0.15) is 0 Å². The summed E-state index contributed by atoms with van der Waals surface area (Å²) >= 11 is 0. The molecule has 1 aliphatic heterocycles. The van der Waals surface area contributed by atoms with E-state index in [1.165, 1.54) is 27.4 Å². The van der Waals surface area contributed by atoms with Gasteiger partial charge in [-0.05, 0) is 6.07 Å². The van der Waals surface area contributed by atoms with Crippen LogP contribution in [0.1, 0.15) is 5.56 Å². The Morgan fingerprint density at radius 3 is 3.00 bits per heavy atom. The average Bonchev–Trinajstić information content (AvgIpc) is 2.68. The lowest BCUT2D eigenvalue weighted by Crippen LogP contribution is -1.99. The fraction of sp³-hybridized carbons (Fsp3) is 0.0714. The predicted octanol–water partition coefficient (Wildman–Crippen LogP) is 3.22. The maximum absolute atomic E-state index is 4.32. The molecule has 0 unspecified atom stereocenters. The van der Waals surface area contributed by atoms with Crippen LogP contribution in [0.2, 0.25) is 0 Å². The number of benzene rings is 1. The zero-order valence-corrected chi connectivity index (χ0v) is 8.72. The van der Waals surface area contributed by atoms with E-state index in [1.54, 1.807) is 0 Å². The Kier molecular flexibility index (Phi) is 1.38. The largest absolute Gasteiger partial charge is 0.336 e. The summed E-state index contributed by atoms with van der Waals surface area (Å²) in [6, 6.07) is 8.53. The van der Waals surface area contributed by atoms with Gasteiger partial charge in [0.05, 0.1) is 5.52 Å². The standard InChI is InChI=1S/C14H10N2/c1-2-6-13-11(5-1)12-9-15-8-10-4-3-7-16(13)14(10)12/h1-6,8-9H,7H2. The molecule has 0 N–H and O–H groups in total. The quantitative estimate of drug-likeness (QED) is 0.552. The molecular weight excluding hydrogens is 196 g/mol.